The van der Waals surface area contributed by atoms with Crippen molar-refractivity contribution in [3.05, 3.63) is 24.3 Å². The third-order valence-corrected chi connectivity index (χ3v) is 8.08. The first-order chi connectivity index (χ1) is 16.8. The molecule has 6 atom stereocenters. The van der Waals surface area contributed by atoms with E-state index in [2.05, 4.69) is 6.92 Å². The molecule has 2 amide bonds. The van der Waals surface area contributed by atoms with E-state index in [9.17, 15) is 19.5 Å². The summed E-state index contributed by atoms with van der Waals surface area (Å²) in [5, 5.41) is 9.18. The Morgan fingerprint density at radius 3 is 2.66 bits per heavy atom. The average molecular weight is 489 g/mol. The van der Waals surface area contributed by atoms with Crippen molar-refractivity contribution in [2.45, 2.75) is 89.0 Å². The summed E-state index contributed by atoms with van der Waals surface area (Å²) in [4.78, 5) is 45.0. The standard InChI is InChI=1S/C27H40N2O6/c1-4-12-19(2)28-16-11-14-27-20(21-25(33)34-18-10-5-7-13-26(21,3)35-27)23(31)29(22(27)24(28)32)15-8-6-9-17-30/h7,11,13-14,19-22,30H,4-6,8-10,12,15-18H2,1-3H3/b13-7-/t19?,20-,21+,22?,26-,27-/m0/s1. The van der Waals surface area contributed by atoms with Crippen LogP contribution in [-0.2, 0) is 23.9 Å². The highest BCUT2D eigenvalue weighted by molar-refractivity contribution is 5.99. The molecule has 2 fully saturated rings. The van der Waals surface area contributed by atoms with Gasteiger partial charge in [-0.25, -0.2) is 0 Å². The first-order valence-corrected chi connectivity index (χ1v) is 13.2. The Kier molecular flexibility index (Phi) is 7.71. The third kappa shape index (κ3) is 4.44. The van der Waals surface area contributed by atoms with Gasteiger partial charge in [0.05, 0.1) is 18.1 Å². The summed E-state index contributed by atoms with van der Waals surface area (Å²) in [5.41, 5.74) is -2.27. The summed E-state index contributed by atoms with van der Waals surface area (Å²) in [6.45, 7) is 7.20. The van der Waals surface area contributed by atoms with E-state index < -0.39 is 35.0 Å². The summed E-state index contributed by atoms with van der Waals surface area (Å²) in [6, 6.07) is -0.808. The van der Waals surface area contributed by atoms with Crippen LogP contribution in [0.2, 0.25) is 0 Å². The highest BCUT2D eigenvalue weighted by atomic mass is 16.6. The zero-order valence-electron chi connectivity index (χ0n) is 21.3. The Bertz CT molecular complexity index is 887. The molecule has 4 heterocycles. The fraction of sp³-hybridized carbons (Fsp3) is 0.741. The Morgan fingerprint density at radius 1 is 1.11 bits per heavy atom. The van der Waals surface area contributed by atoms with E-state index in [1.54, 1.807) is 4.90 Å². The minimum absolute atomic E-state index is 0.0248. The number of nitrogens with zero attached hydrogens (tertiary/aromatic N) is 2. The number of cyclic esters (lactones) is 1. The maximum atomic E-state index is 14.1. The molecule has 0 aromatic heterocycles. The van der Waals surface area contributed by atoms with Crippen molar-refractivity contribution in [2.75, 3.05) is 26.3 Å². The van der Waals surface area contributed by atoms with Gasteiger partial charge >= 0.3 is 5.97 Å². The second-order valence-electron chi connectivity index (χ2n) is 10.6. The van der Waals surface area contributed by atoms with E-state index >= 15 is 0 Å². The van der Waals surface area contributed by atoms with Crippen LogP contribution in [0.25, 0.3) is 0 Å². The van der Waals surface area contributed by atoms with Crippen molar-refractivity contribution in [1.82, 2.24) is 9.80 Å². The second kappa shape index (κ2) is 10.4. The number of rotatable bonds is 8. The van der Waals surface area contributed by atoms with Crippen molar-refractivity contribution in [1.29, 1.82) is 0 Å². The predicted molar refractivity (Wildman–Crippen MR) is 130 cm³/mol. The van der Waals surface area contributed by atoms with Crippen LogP contribution in [0.5, 0.6) is 0 Å². The lowest BCUT2D eigenvalue weighted by atomic mass is 9.74. The van der Waals surface area contributed by atoms with Gasteiger partial charge in [0.1, 0.15) is 17.6 Å². The fourth-order valence-corrected chi connectivity index (χ4v) is 6.43. The molecule has 0 saturated carbocycles. The molecule has 1 spiro atoms. The fourth-order valence-electron chi connectivity index (χ4n) is 6.43. The van der Waals surface area contributed by atoms with Gasteiger partial charge in [0, 0.05) is 25.7 Å². The molecule has 1 N–H and O–H groups in total. The molecule has 0 aromatic rings. The van der Waals surface area contributed by atoms with E-state index in [4.69, 9.17) is 9.47 Å². The van der Waals surface area contributed by atoms with Gasteiger partial charge in [-0.2, -0.15) is 0 Å². The molecule has 2 saturated heterocycles. The van der Waals surface area contributed by atoms with Crippen molar-refractivity contribution in [3.8, 4) is 0 Å². The van der Waals surface area contributed by atoms with Gasteiger partial charge in [-0.3, -0.25) is 14.4 Å². The van der Waals surface area contributed by atoms with Crippen molar-refractivity contribution in [2.24, 2.45) is 11.8 Å². The minimum Gasteiger partial charge on any atom is -0.465 e. The summed E-state index contributed by atoms with van der Waals surface area (Å²) in [6.07, 6.45) is 13.1. The van der Waals surface area contributed by atoms with Crippen LogP contribution in [0.15, 0.2) is 24.3 Å². The van der Waals surface area contributed by atoms with E-state index in [1.807, 2.05) is 43.1 Å². The van der Waals surface area contributed by atoms with Crippen molar-refractivity contribution >= 4 is 17.8 Å². The van der Waals surface area contributed by atoms with Gasteiger partial charge in [-0.05, 0) is 52.4 Å². The van der Waals surface area contributed by atoms with Crippen LogP contribution in [0.1, 0.15) is 65.7 Å². The zero-order valence-corrected chi connectivity index (χ0v) is 21.3. The SMILES string of the molecule is CCCC(C)N1CC=C[C@]23O[C@@]4(C)/C=C\CCCOC(=O)[C@H]4[C@H]2C(=O)N(CCCCCO)C3C1=O. The van der Waals surface area contributed by atoms with Crippen molar-refractivity contribution < 1.29 is 29.0 Å². The molecule has 0 aliphatic carbocycles. The molecular weight excluding hydrogens is 448 g/mol. The number of amides is 2. The van der Waals surface area contributed by atoms with Gasteiger partial charge in [0.2, 0.25) is 11.8 Å². The lowest BCUT2D eigenvalue weighted by Crippen LogP contribution is -2.57. The Balaban J connectivity index is 1.78. The zero-order chi connectivity index (χ0) is 25.2. The van der Waals surface area contributed by atoms with E-state index in [1.165, 1.54) is 0 Å². The van der Waals surface area contributed by atoms with Crippen LogP contribution in [0.3, 0.4) is 0 Å². The van der Waals surface area contributed by atoms with Gasteiger partial charge in [-0.15, -0.1) is 0 Å². The maximum Gasteiger partial charge on any atom is 0.313 e. The smallest absolute Gasteiger partial charge is 0.313 e. The molecule has 2 unspecified atom stereocenters. The van der Waals surface area contributed by atoms with Crippen LogP contribution < -0.4 is 0 Å². The number of hydrogen-bond donors (Lipinski definition) is 1. The Labute approximate surface area is 208 Å². The number of carbonyl (C=O) groups is 3. The number of fused-ring (bicyclic) bond motifs is 2. The second-order valence-corrected chi connectivity index (χ2v) is 10.6. The number of aliphatic hydroxyl groups is 1. The molecule has 4 aliphatic heterocycles. The molecule has 194 valence electrons. The van der Waals surface area contributed by atoms with Crippen LogP contribution in [0.4, 0.5) is 0 Å². The van der Waals surface area contributed by atoms with Gasteiger partial charge in [-0.1, -0.05) is 37.6 Å². The summed E-state index contributed by atoms with van der Waals surface area (Å²) < 4.78 is 12.4. The molecular formula is C27H40N2O6. The average Bonchev–Trinajstić information content (AvgIpc) is 3.16. The Morgan fingerprint density at radius 2 is 1.91 bits per heavy atom. The highest BCUT2D eigenvalue weighted by Gasteiger charge is 2.74. The first-order valence-electron chi connectivity index (χ1n) is 13.2. The molecule has 8 nitrogen and oxygen atoms in total. The number of esters is 1. The monoisotopic (exact) mass is 488 g/mol. The number of unbranched alkanes of at least 4 members (excludes halogenated alkanes) is 2. The maximum absolute atomic E-state index is 14.1. The number of carbonyl (C=O) groups excluding carboxylic acids is 3. The van der Waals surface area contributed by atoms with Gasteiger partial charge in [0.15, 0.2) is 0 Å². The quantitative estimate of drug-likeness (QED) is 0.321. The van der Waals surface area contributed by atoms with E-state index in [0.717, 1.165) is 32.1 Å². The van der Waals surface area contributed by atoms with E-state index in [0.29, 0.717) is 32.5 Å². The number of ether oxygens (including phenoxy) is 2. The molecule has 0 aromatic carbocycles. The van der Waals surface area contributed by atoms with Gasteiger partial charge in [0.25, 0.3) is 0 Å². The highest BCUT2D eigenvalue weighted by Crippen LogP contribution is 2.57. The third-order valence-electron chi connectivity index (χ3n) is 8.08. The van der Waals surface area contributed by atoms with Gasteiger partial charge < -0.3 is 24.4 Å². The molecule has 4 aliphatic rings. The normalized spacial score (nSPS) is 36.5. The lowest BCUT2D eigenvalue weighted by Gasteiger charge is -2.38. The topological polar surface area (TPSA) is 96.4 Å². The summed E-state index contributed by atoms with van der Waals surface area (Å²) in [7, 11) is 0. The van der Waals surface area contributed by atoms with Crippen LogP contribution in [-0.4, -0.2) is 82.3 Å². The summed E-state index contributed by atoms with van der Waals surface area (Å²) >= 11 is 0. The molecule has 0 radical (unpaired) electrons. The van der Waals surface area contributed by atoms with Crippen LogP contribution in [0, 0.1) is 11.8 Å². The van der Waals surface area contributed by atoms with E-state index in [-0.39, 0.29) is 24.5 Å². The van der Waals surface area contributed by atoms with Crippen LogP contribution >= 0.6 is 0 Å². The largest absolute Gasteiger partial charge is 0.465 e. The molecule has 35 heavy (non-hydrogen) atoms. The predicted octanol–water partition coefficient (Wildman–Crippen LogP) is 2.60. The molecule has 4 rings (SSSR count). The minimum atomic E-state index is -1.23. The lowest BCUT2D eigenvalue weighted by molar-refractivity contribution is -0.160. The number of aliphatic hydroxyl groups excluding tert-OH is 1. The summed E-state index contributed by atoms with van der Waals surface area (Å²) in [5.74, 6) is -2.43. The Hall–Kier alpha value is -2.19. The number of likely N-dealkylation sites (tertiary alicyclic amines) is 1. The molecule has 8 heteroatoms. The number of hydrogen-bond acceptors (Lipinski definition) is 6. The number of allylic oxidation sites excluding steroid dienone is 1. The first kappa shape index (κ1) is 25.9. The molecule has 0 bridgehead atoms. The van der Waals surface area contributed by atoms with Crippen molar-refractivity contribution in [3.63, 3.8) is 0 Å².